The van der Waals surface area contributed by atoms with Gasteiger partial charge in [0.1, 0.15) is 5.37 Å². The summed E-state index contributed by atoms with van der Waals surface area (Å²) in [5.74, 6) is 3.58. The van der Waals surface area contributed by atoms with Crippen molar-refractivity contribution in [2.45, 2.75) is 57.7 Å². The Bertz CT molecular complexity index is 514. The van der Waals surface area contributed by atoms with Gasteiger partial charge in [0.25, 0.3) is 0 Å². The molecule has 3 rings (SSSR count). The van der Waals surface area contributed by atoms with Crippen LogP contribution in [-0.4, -0.2) is 33.6 Å². The maximum Gasteiger partial charge on any atom is 0.334 e. The van der Waals surface area contributed by atoms with Gasteiger partial charge >= 0.3 is 5.97 Å². The molecule has 0 saturated heterocycles. The molecule has 0 aromatic carbocycles. The molecule has 2 bridgehead atoms. The fourth-order valence-electron chi connectivity index (χ4n) is 4.67. The molecular formula is C20H31NO2S. The van der Waals surface area contributed by atoms with Gasteiger partial charge in [-0.1, -0.05) is 26.7 Å². The molecule has 4 atom stereocenters. The van der Waals surface area contributed by atoms with Crippen molar-refractivity contribution in [2.24, 2.45) is 23.7 Å². The molecular weight excluding hydrogens is 318 g/mol. The third kappa shape index (κ3) is 4.19. The van der Waals surface area contributed by atoms with E-state index in [0.29, 0.717) is 5.57 Å². The number of hydrogen-bond donors (Lipinski definition) is 1. The largest absolute Gasteiger partial charge is 0.478 e. The highest BCUT2D eigenvalue weighted by atomic mass is 32.2. The van der Waals surface area contributed by atoms with Gasteiger partial charge in [0.05, 0.1) is 5.57 Å². The standard InChI is InChI=1S/C20H31NO2S/c1-14(2)5-4-10-24-19-18(20(22)23)6-3-9-21(19)13-17-12-15-7-8-16(17)11-15/h3,6,9,14-17,19H,4-5,7-8,10-13H2,1-2H3,(H,22,23). The lowest BCUT2D eigenvalue weighted by Gasteiger charge is -2.36. The zero-order chi connectivity index (χ0) is 17.1. The molecule has 0 aromatic rings. The van der Waals surface area contributed by atoms with Gasteiger partial charge in [-0.2, -0.15) is 0 Å². The van der Waals surface area contributed by atoms with Gasteiger partial charge in [-0.25, -0.2) is 4.79 Å². The van der Waals surface area contributed by atoms with E-state index in [1.807, 2.05) is 17.8 Å². The summed E-state index contributed by atoms with van der Waals surface area (Å²) in [6.07, 6.45) is 13.8. The SMILES string of the molecule is CC(C)CCCSC1C(C(=O)O)=CC=CN1CC1CC2CCC1C2. The maximum atomic E-state index is 11.7. The number of carboxylic acid groups (broad SMARTS) is 1. The summed E-state index contributed by atoms with van der Waals surface area (Å²) < 4.78 is 0. The van der Waals surface area contributed by atoms with E-state index in [2.05, 4.69) is 24.9 Å². The molecule has 2 aliphatic carbocycles. The smallest absolute Gasteiger partial charge is 0.334 e. The molecule has 0 aromatic heterocycles. The molecule has 134 valence electrons. The van der Waals surface area contributed by atoms with E-state index < -0.39 is 5.97 Å². The van der Waals surface area contributed by atoms with Crippen LogP contribution in [0.3, 0.4) is 0 Å². The Morgan fingerprint density at radius 2 is 2.21 bits per heavy atom. The van der Waals surface area contributed by atoms with Crippen molar-refractivity contribution in [3.05, 3.63) is 23.9 Å². The third-order valence-electron chi connectivity index (χ3n) is 5.90. The highest BCUT2D eigenvalue weighted by Gasteiger charge is 2.41. The Labute approximate surface area is 150 Å². The van der Waals surface area contributed by atoms with Crippen molar-refractivity contribution >= 4 is 17.7 Å². The van der Waals surface area contributed by atoms with Crippen molar-refractivity contribution in [3.63, 3.8) is 0 Å². The average molecular weight is 350 g/mol. The lowest BCUT2D eigenvalue weighted by Crippen LogP contribution is -2.38. The van der Waals surface area contributed by atoms with E-state index in [1.165, 1.54) is 32.1 Å². The molecule has 2 saturated carbocycles. The summed E-state index contributed by atoms with van der Waals surface area (Å²) in [6.45, 7) is 5.53. The lowest BCUT2D eigenvalue weighted by atomic mass is 9.88. The Morgan fingerprint density at radius 3 is 2.83 bits per heavy atom. The molecule has 0 amide bonds. The summed E-state index contributed by atoms with van der Waals surface area (Å²) in [4.78, 5) is 14.0. The predicted octanol–water partition coefficient (Wildman–Crippen LogP) is 4.76. The van der Waals surface area contributed by atoms with Gasteiger partial charge < -0.3 is 10.0 Å². The number of hydrogen-bond acceptors (Lipinski definition) is 3. The monoisotopic (exact) mass is 349 g/mol. The van der Waals surface area contributed by atoms with Crippen molar-refractivity contribution < 1.29 is 9.90 Å². The van der Waals surface area contributed by atoms with E-state index in [-0.39, 0.29) is 5.37 Å². The van der Waals surface area contributed by atoms with Gasteiger partial charge in [0.2, 0.25) is 0 Å². The first-order valence-corrected chi connectivity index (χ1v) is 10.6. The van der Waals surface area contributed by atoms with Crippen LogP contribution in [0.15, 0.2) is 23.9 Å². The van der Waals surface area contributed by atoms with Crippen LogP contribution in [0, 0.1) is 23.7 Å². The average Bonchev–Trinajstić information content (AvgIpc) is 3.14. The van der Waals surface area contributed by atoms with Crippen LogP contribution in [0.1, 0.15) is 52.4 Å². The van der Waals surface area contributed by atoms with Gasteiger partial charge in [0.15, 0.2) is 0 Å². The Morgan fingerprint density at radius 1 is 1.38 bits per heavy atom. The Balaban J connectivity index is 1.60. The first-order valence-electron chi connectivity index (χ1n) is 9.53. The molecule has 1 aliphatic heterocycles. The van der Waals surface area contributed by atoms with Gasteiger partial charge in [0, 0.05) is 12.7 Å². The number of thioether (sulfide) groups is 1. The molecule has 0 spiro atoms. The zero-order valence-electron chi connectivity index (χ0n) is 15.0. The fourth-order valence-corrected chi connectivity index (χ4v) is 5.94. The molecule has 24 heavy (non-hydrogen) atoms. The lowest BCUT2D eigenvalue weighted by molar-refractivity contribution is -0.133. The second-order valence-corrected chi connectivity index (χ2v) is 9.35. The number of nitrogens with zero attached hydrogens (tertiary/aromatic N) is 1. The summed E-state index contributed by atoms with van der Waals surface area (Å²) in [6, 6.07) is 0. The molecule has 3 nitrogen and oxygen atoms in total. The number of aliphatic carboxylic acids is 1. The van der Waals surface area contributed by atoms with E-state index >= 15 is 0 Å². The second-order valence-electron chi connectivity index (χ2n) is 8.16. The van der Waals surface area contributed by atoms with E-state index in [0.717, 1.165) is 42.4 Å². The molecule has 1 N–H and O–H groups in total. The number of carbonyl (C=O) groups is 1. The highest BCUT2D eigenvalue weighted by Crippen LogP contribution is 2.49. The minimum Gasteiger partial charge on any atom is -0.478 e. The molecule has 0 radical (unpaired) electrons. The molecule has 2 fully saturated rings. The second kappa shape index (κ2) is 7.99. The van der Waals surface area contributed by atoms with Crippen molar-refractivity contribution in [1.82, 2.24) is 4.90 Å². The highest BCUT2D eigenvalue weighted by molar-refractivity contribution is 8.00. The van der Waals surface area contributed by atoms with Crippen LogP contribution in [0.5, 0.6) is 0 Å². The molecule has 4 heteroatoms. The van der Waals surface area contributed by atoms with E-state index in [4.69, 9.17) is 0 Å². The number of fused-ring (bicyclic) bond motifs is 2. The normalized spacial score (nSPS) is 31.8. The predicted molar refractivity (Wildman–Crippen MR) is 101 cm³/mol. The Kier molecular flexibility index (Phi) is 5.96. The quantitative estimate of drug-likeness (QED) is 0.642. The van der Waals surface area contributed by atoms with Crippen LogP contribution < -0.4 is 0 Å². The van der Waals surface area contributed by atoms with Gasteiger partial charge in [-0.3, -0.25) is 0 Å². The van der Waals surface area contributed by atoms with Crippen LogP contribution in [-0.2, 0) is 4.79 Å². The number of carboxylic acids is 1. The van der Waals surface area contributed by atoms with Gasteiger partial charge in [-0.15, -0.1) is 11.8 Å². The van der Waals surface area contributed by atoms with Crippen LogP contribution >= 0.6 is 11.8 Å². The number of allylic oxidation sites excluding steroid dienone is 2. The summed E-state index contributed by atoms with van der Waals surface area (Å²) in [7, 11) is 0. The van der Waals surface area contributed by atoms with E-state index in [9.17, 15) is 9.90 Å². The van der Waals surface area contributed by atoms with Crippen LogP contribution in [0.4, 0.5) is 0 Å². The molecule has 4 unspecified atom stereocenters. The molecule has 3 aliphatic rings. The van der Waals surface area contributed by atoms with Crippen molar-refractivity contribution in [1.29, 1.82) is 0 Å². The topological polar surface area (TPSA) is 40.5 Å². The fraction of sp³-hybridized carbons (Fsp3) is 0.750. The van der Waals surface area contributed by atoms with E-state index in [1.54, 1.807) is 6.08 Å². The van der Waals surface area contributed by atoms with Crippen LogP contribution in [0.2, 0.25) is 0 Å². The van der Waals surface area contributed by atoms with Gasteiger partial charge in [-0.05, 0) is 67.3 Å². The third-order valence-corrected chi connectivity index (χ3v) is 7.26. The molecule has 1 heterocycles. The first-order chi connectivity index (χ1) is 11.5. The first kappa shape index (κ1) is 17.9. The summed E-state index contributed by atoms with van der Waals surface area (Å²) in [5, 5.41) is 9.58. The Hall–Kier alpha value is -0.900. The van der Waals surface area contributed by atoms with Crippen molar-refractivity contribution in [3.8, 4) is 0 Å². The summed E-state index contributed by atoms with van der Waals surface area (Å²) >= 11 is 1.81. The minimum absolute atomic E-state index is 0.0150. The summed E-state index contributed by atoms with van der Waals surface area (Å²) in [5.41, 5.74) is 0.551. The number of rotatable bonds is 8. The zero-order valence-corrected chi connectivity index (χ0v) is 15.8. The minimum atomic E-state index is -0.765. The maximum absolute atomic E-state index is 11.7. The van der Waals surface area contributed by atoms with Crippen LogP contribution in [0.25, 0.3) is 0 Å². The van der Waals surface area contributed by atoms with Crippen molar-refractivity contribution in [2.75, 3.05) is 12.3 Å².